The second kappa shape index (κ2) is 7.04. The van der Waals surface area contributed by atoms with Gasteiger partial charge in [-0.3, -0.25) is 14.5 Å². The summed E-state index contributed by atoms with van der Waals surface area (Å²) in [5.41, 5.74) is 0. The Kier molecular flexibility index (Phi) is 5.37. The molecule has 20 heavy (non-hydrogen) atoms. The van der Waals surface area contributed by atoms with Crippen LogP contribution in [0.5, 0.6) is 0 Å². The van der Waals surface area contributed by atoms with E-state index < -0.39 is 0 Å². The maximum absolute atomic E-state index is 12.6. The lowest BCUT2D eigenvalue weighted by atomic mass is 10.1. The van der Waals surface area contributed by atoms with Gasteiger partial charge in [0, 0.05) is 32.2 Å². The Morgan fingerprint density at radius 3 is 2.65 bits per heavy atom. The van der Waals surface area contributed by atoms with E-state index in [1.54, 1.807) is 0 Å². The van der Waals surface area contributed by atoms with Crippen molar-refractivity contribution < 1.29 is 14.3 Å². The first kappa shape index (κ1) is 15.3. The zero-order valence-electron chi connectivity index (χ0n) is 12.4. The maximum Gasteiger partial charge on any atom is 0.307 e. The van der Waals surface area contributed by atoms with Gasteiger partial charge in [0.2, 0.25) is 5.91 Å². The van der Waals surface area contributed by atoms with E-state index >= 15 is 0 Å². The third kappa shape index (κ3) is 3.49. The minimum absolute atomic E-state index is 0.0572. The Bertz CT molecular complexity index is 356. The molecule has 0 aromatic heterocycles. The summed E-state index contributed by atoms with van der Waals surface area (Å²) < 4.78 is 4.72. The molecule has 6 heteroatoms. The summed E-state index contributed by atoms with van der Waals surface area (Å²) in [6.45, 7) is 6.20. The zero-order chi connectivity index (χ0) is 14.5. The molecule has 2 aliphatic rings. The van der Waals surface area contributed by atoms with E-state index in [0.717, 1.165) is 45.6 Å². The minimum Gasteiger partial charge on any atom is -0.469 e. The topological polar surface area (TPSA) is 61.9 Å². The van der Waals surface area contributed by atoms with Crippen LogP contribution in [0.4, 0.5) is 0 Å². The molecule has 0 spiro atoms. The molecule has 0 aliphatic carbocycles. The fourth-order valence-electron chi connectivity index (χ4n) is 3.12. The number of esters is 1. The van der Waals surface area contributed by atoms with Gasteiger partial charge in [-0.25, -0.2) is 0 Å². The van der Waals surface area contributed by atoms with Crippen LogP contribution < -0.4 is 5.32 Å². The summed E-state index contributed by atoms with van der Waals surface area (Å²) in [4.78, 5) is 28.1. The van der Waals surface area contributed by atoms with Crippen molar-refractivity contribution in [2.75, 3.05) is 39.8 Å². The van der Waals surface area contributed by atoms with Crippen LogP contribution in [-0.2, 0) is 14.3 Å². The van der Waals surface area contributed by atoms with Crippen LogP contribution in [0, 0.1) is 0 Å². The molecule has 0 aromatic rings. The number of ether oxygens (including phenoxy) is 1. The van der Waals surface area contributed by atoms with Gasteiger partial charge in [-0.15, -0.1) is 0 Å². The number of likely N-dealkylation sites (tertiary alicyclic amines) is 1. The Morgan fingerprint density at radius 1 is 1.30 bits per heavy atom. The fraction of sp³-hybridized carbons (Fsp3) is 0.857. The van der Waals surface area contributed by atoms with Gasteiger partial charge in [0.1, 0.15) is 0 Å². The third-order valence-electron chi connectivity index (χ3n) is 4.26. The molecule has 2 unspecified atom stereocenters. The predicted molar refractivity (Wildman–Crippen MR) is 75.3 cm³/mol. The number of nitrogens with one attached hydrogen (secondary N) is 1. The molecular weight excluding hydrogens is 258 g/mol. The lowest BCUT2D eigenvalue weighted by molar-refractivity contribution is -0.144. The van der Waals surface area contributed by atoms with Crippen LogP contribution in [0.25, 0.3) is 0 Å². The number of piperazine rings is 1. The van der Waals surface area contributed by atoms with Crippen molar-refractivity contribution in [3.05, 3.63) is 0 Å². The first-order valence-electron chi connectivity index (χ1n) is 7.45. The van der Waals surface area contributed by atoms with Gasteiger partial charge in [0.05, 0.1) is 19.6 Å². The van der Waals surface area contributed by atoms with E-state index in [9.17, 15) is 9.59 Å². The first-order valence-corrected chi connectivity index (χ1v) is 7.45. The monoisotopic (exact) mass is 283 g/mol. The predicted octanol–water partition coefficient (Wildman–Crippen LogP) is -0.166. The molecule has 0 aromatic carbocycles. The average molecular weight is 283 g/mol. The van der Waals surface area contributed by atoms with E-state index in [1.807, 2.05) is 11.8 Å². The fourth-order valence-corrected chi connectivity index (χ4v) is 3.12. The molecule has 2 aliphatic heterocycles. The summed E-state index contributed by atoms with van der Waals surface area (Å²) in [5.74, 6) is 0.0125. The number of rotatable bonds is 4. The van der Waals surface area contributed by atoms with E-state index in [1.165, 1.54) is 7.11 Å². The molecule has 114 valence electrons. The van der Waals surface area contributed by atoms with Crippen LogP contribution in [0.2, 0.25) is 0 Å². The van der Waals surface area contributed by atoms with Crippen LogP contribution in [0.15, 0.2) is 0 Å². The van der Waals surface area contributed by atoms with Gasteiger partial charge in [0.15, 0.2) is 0 Å². The standard InChI is InChI=1S/C14H25N3O3/c1-11(10-13(18)20-2)17-7-3-4-12(17)14(19)16-8-5-15-6-9-16/h11-12,15H,3-10H2,1-2H3. The number of carbonyl (C=O) groups excluding carboxylic acids is 2. The molecule has 1 amide bonds. The van der Waals surface area contributed by atoms with Crippen LogP contribution in [-0.4, -0.2) is 73.6 Å². The van der Waals surface area contributed by atoms with Crippen molar-refractivity contribution in [1.29, 1.82) is 0 Å². The number of hydrogen-bond donors (Lipinski definition) is 1. The second-order valence-corrected chi connectivity index (χ2v) is 5.60. The molecule has 0 saturated carbocycles. The van der Waals surface area contributed by atoms with E-state index in [-0.39, 0.29) is 24.0 Å². The average Bonchev–Trinajstić information content (AvgIpc) is 2.96. The molecule has 2 saturated heterocycles. The third-order valence-corrected chi connectivity index (χ3v) is 4.26. The molecule has 2 heterocycles. The molecule has 2 atom stereocenters. The van der Waals surface area contributed by atoms with Crippen molar-refractivity contribution in [2.24, 2.45) is 0 Å². The molecule has 2 rings (SSSR count). The molecular formula is C14H25N3O3. The first-order chi connectivity index (χ1) is 9.63. The summed E-state index contributed by atoms with van der Waals surface area (Å²) in [6, 6.07) is -0.00503. The molecule has 0 bridgehead atoms. The summed E-state index contributed by atoms with van der Waals surface area (Å²) in [7, 11) is 1.41. The van der Waals surface area contributed by atoms with Gasteiger partial charge in [-0.05, 0) is 26.3 Å². The number of nitrogens with zero attached hydrogens (tertiary/aromatic N) is 2. The largest absolute Gasteiger partial charge is 0.469 e. The number of hydrogen-bond acceptors (Lipinski definition) is 5. The molecule has 0 radical (unpaired) electrons. The van der Waals surface area contributed by atoms with Crippen LogP contribution in [0.1, 0.15) is 26.2 Å². The Hall–Kier alpha value is -1.14. The summed E-state index contributed by atoms with van der Waals surface area (Å²) in [5, 5.41) is 3.26. The van der Waals surface area contributed by atoms with Crippen LogP contribution in [0.3, 0.4) is 0 Å². The van der Waals surface area contributed by atoms with Gasteiger partial charge in [0.25, 0.3) is 0 Å². The van der Waals surface area contributed by atoms with E-state index in [0.29, 0.717) is 6.42 Å². The number of methoxy groups -OCH3 is 1. The summed E-state index contributed by atoms with van der Waals surface area (Å²) >= 11 is 0. The zero-order valence-corrected chi connectivity index (χ0v) is 12.4. The summed E-state index contributed by atoms with van der Waals surface area (Å²) in [6.07, 6.45) is 2.27. The van der Waals surface area contributed by atoms with Crippen molar-refractivity contribution in [3.63, 3.8) is 0 Å². The van der Waals surface area contributed by atoms with Crippen molar-refractivity contribution in [2.45, 2.75) is 38.3 Å². The van der Waals surface area contributed by atoms with Gasteiger partial charge in [-0.1, -0.05) is 0 Å². The van der Waals surface area contributed by atoms with Gasteiger partial charge >= 0.3 is 5.97 Å². The highest BCUT2D eigenvalue weighted by Crippen LogP contribution is 2.23. The highest BCUT2D eigenvalue weighted by Gasteiger charge is 2.36. The van der Waals surface area contributed by atoms with Gasteiger partial charge < -0.3 is 15.0 Å². The smallest absolute Gasteiger partial charge is 0.307 e. The Balaban J connectivity index is 1.95. The molecule has 1 N–H and O–H groups in total. The van der Waals surface area contributed by atoms with E-state index in [2.05, 4.69) is 10.2 Å². The maximum atomic E-state index is 12.6. The minimum atomic E-state index is -0.210. The Morgan fingerprint density at radius 2 is 2.00 bits per heavy atom. The van der Waals surface area contributed by atoms with Crippen LogP contribution >= 0.6 is 0 Å². The SMILES string of the molecule is COC(=O)CC(C)N1CCCC1C(=O)N1CCNCC1. The lowest BCUT2D eigenvalue weighted by Gasteiger charge is -2.35. The number of amides is 1. The second-order valence-electron chi connectivity index (χ2n) is 5.60. The van der Waals surface area contributed by atoms with Gasteiger partial charge in [-0.2, -0.15) is 0 Å². The van der Waals surface area contributed by atoms with Crippen molar-refractivity contribution >= 4 is 11.9 Å². The van der Waals surface area contributed by atoms with Crippen molar-refractivity contribution in [1.82, 2.24) is 15.1 Å². The molecule has 2 fully saturated rings. The van der Waals surface area contributed by atoms with E-state index in [4.69, 9.17) is 4.74 Å². The Labute approximate surface area is 120 Å². The van der Waals surface area contributed by atoms with Crippen molar-refractivity contribution in [3.8, 4) is 0 Å². The lowest BCUT2D eigenvalue weighted by Crippen LogP contribution is -2.54. The highest BCUT2D eigenvalue weighted by atomic mass is 16.5. The molecule has 6 nitrogen and oxygen atoms in total. The quantitative estimate of drug-likeness (QED) is 0.726. The number of carbonyl (C=O) groups is 2. The highest BCUT2D eigenvalue weighted by molar-refractivity contribution is 5.82. The normalized spacial score (nSPS) is 25.5.